The fraction of sp³-hybridized carbons (Fsp3) is 0.556. The molecule has 0 unspecified atom stereocenters. The van der Waals surface area contributed by atoms with E-state index in [0.717, 1.165) is 42.9 Å². The van der Waals surface area contributed by atoms with Gasteiger partial charge in [0.2, 0.25) is 0 Å². The molecule has 1 fully saturated rings. The van der Waals surface area contributed by atoms with Gasteiger partial charge in [-0.15, -0.1) is 0 Å². The molecule has 2 rings (SSSR count). The number of rotatable bonds is 6. The van der Waals surface area contributed by atoms with Crippen LogP contribution in [-0.2, 0) is 16.1 Å². The van der Waals surface area contributed by atoms with Gasteiger partial charge in [0.05, 0.1) is 13.5 Å². The lowest BCUT2D eigenvalue weighted by atomic mass is 10.0. The highest BCUT2D eigenvalue weighted by Gasteiger charge is 2.20. The molecule has 1 aliphatic rings. The molecule has 138 valence electrons. The van der Waals surface area contributed by atoms with Gasteiger partial charge in [0, 0.05) is 43.7 Å². The maximum absolute atomic E-state index is 11.1. The fourth-order valence-electron chi connectivity index (χ4n) is 2.86. The molecule has 0 spiro atoms. The number of halogens is 1. The monoisotopic (exact) mass is 410 g/mol. The van der Waals surface area contributed by atoms with Crippen LogP contribution in [0, 0.1) is 0 Å². The van der Waals surface area contributed by atoms with Crippen molar-refractivity contribution in [2.45, 2.75) is 31.8 Å². The highest BCUT2D eigenvalue weighted by atomic mass is 79.9. The molecule has 1 heterocycles. The number of piperidine rings is 1. The first-order valence-corrected chi connectivity index (χ1v) is 9.41. The van der Waals surface area contributed by atoms with Gasteiger partial charge in [-0.05, 0) is 30.5 Å². The molecule has 1 aromatic carbocycles. The average Bonchev–Trinajstić information content (AvgIpc) is 2.64. The lowest BCUT2D eigenvalue weighted by Gasteiger charge is -2.33. The fourth-order valence-corrected chi connectivity index (χ4v) is 3.12. The first-order valence-electron chi connectivity index (χ1n) is 8.61. The Labute approximate surface area is 158 Å². The summed E-state index contributed by atoms with van der Waals surface area (Å²) in [6.07, 6.45) is 2.49. The number of aliphatic imine (C=N–C) groups is 1. The molecule has 0 atom stereocenters. The Bertz CT molecular complexity index is 569. The summed E-state index contributed by atoms with van der Waals surface area (Å²) in [4.78, 5) is 17.9. The Morgan fingerprint density at radius 1 is 1.32 bits per heavy atom. The third-order valence-electron chi connectivity index (χ3n) is 4.32. The number of methoxy groups -OCH3 is 1. The average molecular weight is 411 g/mol. The van der Waals surface area contributed by atoms with Crippen LogP contribution in [0.5, 0.6) is 0 Å². The Hall–Kier alpha value is -1.60. The Morgan fingerprint density at radius 3 is 2.60 bits per heavy atom. The summed E-state index contributed by atoms with van der Waals surface area (Å²) in [6.45, 7) is 3.64. The number of hydrogen-bond donors (Lipinski definition) is 2. The van der Waals surface area contributed by atoms with Crippen molar-refractivity contribution in [3.05, 3.63) is 34.3 Å². The highest BCUT2D eigenvalue weighted by molar-refractivity contribution is 9.10. The molecular weight excluding hydrogens is 384 g/mol. The number of likely N-dealkylation sites (tertiary alicyclic amines) is 1. The van der Waals surface area contributed by atoms with E-state index in [1.165, 1.54) is 12.7 Å². The minimum absolute atomic E-state index is 0.218. The number of benzene rings is 1. The molecule has 0 saturated carbocycles. The highest BCUT2D eigenvalue weighted by Crippen LogP contribution is 2.16. The summed E-state index contributed by atoms with van der Waals surface area (Å²) < 4.78 is 5.75. The number of ether oxygens (including phenoxy) is 1. The molecule has 0 bridgehead atoms. The number of carbonyl (C=O) groups excluding carboxylic acids is 1. The number of hydrogen-bond acceptors (Lipinski definition) is 4. The molecule has 1 aromatic rings. The van der Waals surface area contributed by atoms with Crippen LogP contribution in [0.3, 0.4) is 0 Å². The van der Waals surface area contributed by atoms with E-state index in [9.17, 15) is 4.79 Å². The molecule has 0 amide bonds. The van der Waals surface area contributed by atoms with Crippen LogP contribution >= 0.6 is 15.9 Å². The van der Waals surface area contributed by atoms with Crippen LogP contribution in [0.25, 0.3) is 0 Å². The second kappa shape index (κ2) is 10.4. The van der Waals surface area contributed by atoms with Crippen molar-refractivity contribution >= 4 is 27.9 Å². The van der Waals surface area contributed by atoms with Crippen molar-refractivity contribution in [3.8, 4) is 0 Å². The van der Waals surface area contributed by atoms with E-state index in [2.05, 4.69) is 65.5 Å². The van der Waals surface area contributed by atoms with E-state index in [0.29, 0.717) is 19.0 Å². The predicted molar refractivity (Wildman–Crippen MR) is 104 cm³/mol. The largest absolute Gasteiger partial charge is 0.469 e. The summed E-state index contributed by atoms with van der Waals surface area (Å²) in [5.74, 6) is 0.527. The van der Waals surface area contributed by atoms with Crippen LogP contribution < -0.4 is 10.6 Å². The van der Waals surface area contributed by atoms with Gasteiger partial charge in [-0.25, -0.2) is 0 Å². The van der Waals surface area contributed by atoms with E-state index in [4.69, 9.17) is 0 Å². The summed E-state index contributed by atoms with van der Waals surface area (Å²) in [5.41, 5.74) is 1.34. The molecule has 7 heteroatoms. The summed E-state index contributed by atoms with van der Waals surface area (Å²) in [6, 6.07) is 8.93. The smallest absolute Gasteiger partial charge is 0.307 e. The maximum Gasteiger partial charge on any atom is 0.307 e. The van der Waals surface area contributed by atoms with Crippen LogP contribution in [0.2, 0.25) is 0 Å². The zero-order valence-electron chi connectivity index (χ0n) is 14.9. The number of guanidine groups is 1. The maximum atomic E-state index is 11.1. The van der Waals surface area contributed by atoms with Crippen molar-refractivity contribution in [1.82, 2.24) is 15.5 Å². The lowest BCUT2D eigenvalue weighted by molar-refractivity contribution is -0.140. The lowest BCUT2D eigenvalue weighted by Crippen LogP contribution is -2.48. The quantitative estimate of drug-likeness (QED) is 0.427. The third-order valence-corrected chi connectivity index (χ3v) is 4.85. The first kappa shape index (κ1) is 19.7. The molecule has 6 nitrogen and oxygen atoms in total. The number of esters is 1. The molecule has 1 aliphatic heterocycles. The van der Waals surface area contributed by atoms with E-state index in [-0.39, 0.29) is 5.97 Å². The molecule has 0 aliphatic carbocycles. The Morgan fingerprint density at radius 2 is 2.00 bits per heavy atom. The normalized spacial score (nSPS) is 16.5. The zero-order valence-corrected chi connectivity index (χ0v) is 16.5. The van der Waals surface area contributed by atoms with Gasteiger partial charge in [0.1, 0.15) is 0 Å². The van der Waals surface area contributed by atoms with E-state index in [1.54, 1.807) is 7.05 Å². The zero-order chi connectivity index (χ0) is 18.1. The molecule has 2 N–H and O–H groups in total. The van der Waals surface area contributed by atoms with E-state index >= 15 is 0 Å². The van der Waals surface area contributed by atoms with Crippen LogP contribution in [0.1, 0.15) is 24.8 Å². The van der Waals surface area contributed by atoms with Crippen molar-refractivity contribution < 1.29 is 9.53 Å². The molecule has 0 aromatic heterocycles. The Kier molecular flexibility index (Phi) is 8.21. The van der Waals surface area contributed by atoms with Crippen molar-refractivity contribution in [1.29, 1.82) is 0 Å². The summed E-state index contributed by atoms with van der Waals surface area (Å²) >= 11 is 3.47. The number of nitrogens with one attached hydrogen (secondary N) is 2. The minimum atomic E-state index is -0.218. The topological polar surface area (TPSA) is 66.0 Å². The van der Waals surface area contributed by atoms with E-state index in [1.807, 2.05) is 0 Å². The number of carbonyl (C=O) groups is 1. The second-order valence-corrected chi connectivity index (χ2v) is 7.06. The third kappa shape index (κ3) is 7.04. The summed E-state index contributed by atoms with van der Waals surface area (Å²) in [7, 11) is 3.15. The molecule has 0 radical (unpaired) electrons. The SMILES string of the molecule is CN=C(NCCC(=O)OC)NC1CCN(Cc2ccc(Br)cc2)CC1. The van der Waals surface area contributed by atoms with Gasteiger partial charge < -0.3 is 15.4 Å². The van der Waals surface area contributed by atoms with Crippen LogP contribution in [0.15, 0.2) is 33.7 Å². The van der Waals surface area contributed by atoms with Gasteiger partial charge in [0.25, 0.3) is 0 Å². The minimum Gasteiger partial charge on any atom is -0.469 e. The standard InChI is InChI=1S/C18H27BrN4O2/c1-20-18(21-10-7-17(24)25-2)22-16-8-11-23(12-9-16)13-14-3-5-15(19)6-4-14/h3-6,16H,7-13H2,1-2H3,(H2,20,21,22). The summed E-state index contributed by atoms with van der Waals surface area (Å²) in [5, 5.41) is 6.60. The first-order chi connectivity index (χ1) is 12.1. The van der Waals surface area contributed by atoms with Gasteiger partial charge in [-0.1, -0.05) is 28.1 Å². The van der Waals surface area contributed by atoms with Gasteiger partial charge in [0.15, 0.2) is 5.96 Å². The number of nitrogens with zero attached hydrogens (tertiary/aromatic N) is 2. The van der Waals surface area contributed by atoms with Crippen LogP contribution in [-0.4, -0.2) is 56.7 Å². The van der Waals surface area contributed by atoms with Crippen molar-refractivity contribution in [2.75, 3.05) is 33.8 Å². The molecule has 1 saturated heterocycles. The second-order valence-electron chi connectivity index (χ2n) is 6.15. The van der Waals surface area contributed by atoms with Gasteiger partial charge >= 0.3 is 5.97 Å². The van der Waals surface area contributed by atoms with Gasteiger partial charge in [-0.2, -0.15) is 0 Å². The predicted octanol–water partition coefficient (Wildman–Crippen LogP) is 2.14. The van der Waals surface area contributed by atoms with Crippen molar-refractivity contribution in [2.24, 2.45) is 4.99 Å². The van der Waals surface area contributed by atoms with Gasteiger partial charge in [-0.3, -0.25) is 14.7 Å². The van der Waals surface area contributed by atoms with Crippen LogP contribution in [0.4, 0.5) is 0 Å². The molecular formula is C18H27BrN4O2. The molecule has 25 heavy (non-hydrogen) atoms. The van der Waals surface area contributed by atoms with E-state index < -0.39 is 0 Å². The van der Waals surface area contributed by atoms with Crippen molar-refractivity contribution in [3.63, 3.8) is 0 Å². The Balaban J connectivity index is 1.70.